The second-order valence-electron chi connectivity index (χ2n) is 9.13. The van der Waals surface area contributed by atoms with E-state index in [-0.39, 0.29) is 11.2 Å². The average Bonchev–Trinajstić information content (AvgIpc) is 3.35. The lowest BCUT2D eigenvalue weighted by atomic mass is 10.0. The lowest BCUT2D eigenvalue weighted by Gasteiger charge is -2.28. The number of rotatable bonds is 3. The summed E-state index contributed by atoms with van der Waals surface area (Å²) in [5, 5.41) is 13.2. The summed E-state index contributed by atoms with van der Waals surface area (Å²) in [6.45, 7) is 9.77. The highest BCUT2D eigenvalue weighted by Gasteiger charge is 2.37. The second-order valence-corrected chi connectivity index (χ2v) is 9.98. The van der Waals surface area contributed by atoms with Crippen LogP contribution in [0.3, 0.4) is 0 Å². The standard InChI is InChI=1S/C24H28N2O5S/c1-6-14-10-15-18(11-17(14)27)30-21(19(20(15)28)22-25-13(2)12-32-22)16-8-7-9-26(16)23(29)31-24(3,4)5/h10-12,16,27H,6-9H2,1-5H3. The molecule has 1 unspecified atom stereocenters. The summed E-state index contributed by atoms with van der Waals surface area (Å²) in [6.07, 6.45) is 1.56. The molecule has 1 fully saturated rings. The van der Waals surface area contributed by atoms with Gasteiger partial charge >= 0.3 is 6.09 Å². The van der Waals surface area contributed by atoms with Crippen LogP contribution in [0.4, 0.5) is 4.79 Å². The Hall–Kier alpha value is -2.87. The van der Waals surface area contributed by atoms with Gasteiger partial charge in [0.1, 0.15) is 27.7 Å². The van der Waals surface area contributed by atoms with Crippen LogP contribution in [0.25, 0.3) is 21.5 Å². The number of carbonyl (C=O) groups is 1. The van der Waals surface area contributed by atoms with Crippen LogP contribution >= 0.6 is 11.3 Å². The Morgan fingerprint density at radius 2 is 2.12 bits per heavy atom. The number of fused-ring (bicyclic) bond motifs is 1. The molecule has 0 saturated carbocycles. The van der Waals surface area contributed by atoms with Crippen LogP contribution in [0.1, 0.15) is 63.6 Å². The summed E-state index contributed by atoms with van der Waals surface area (Å²) in [4.78, 5) is 32.8. The molecule has 7 nitrogen and oxygen atoms in total. The van der Waals surface area contributed by atoms with Crippen LogP contribution in [0.5, 0.6) is 5.75 Å². The fraction of sp³-hybridized carbons (Fsp3) is 0.458. The van der Waals surface area contributed by atoms with E-state index in [0.717, 1.165) is 12.1 Å². The molecule has 2 aromatic heterocycles. The number of hydrogen-bond acceptors (Lipinski definition) is 7. The number of carbonyl (C=O) groups excluding carboxylic acids is 1. The zero-order valence-electron chi connectivity index (χ0n) is 19.0. The number of phenolic OH excluding ortho intramolecular Hbond substituents is 1. The molecule has 4 rings (SSSR count). The molecule has 0 bridgehead atoms. The van der Waals surface area contributed by atoms with Crippen molar-refractivity contribution < 1.29 is 19.1 Å². The normalized spacial score (nSPS) is 16.7. The van der Waals surface area contributed by atoms with Gasteiger partial charge in [-0.25, -0.2) is 9.78 Å². The van der Waals surface area contributed by atoms with Gasteiger partial charge in [-0.05, 0) is 58.6 Å². The average molecular weight is 457 g/mol. The first kappa shape index (κ1) is 22.3. The molecule has 1 saturated heterocycles. The number of benzene rings is 1. The van der Waals surface area contributed by atoms with Crippen LogP contribution in [0.15, 0.2) is 26.7 Å². The highest BCUT2D eigenvalue weighted by molar-refractivity contribution is 7.13. The maximum atomic E-state index is 13.7. The number of amides is 1. The van der Waals surface area contributed by atoms with Gasteiger partial charge in [-0.15, -0.1) is 11.3 Å². The van der Waals surface area contributed by atoms with E-state index in [0.29, 0.717) is 52.3 Å². The number of hydrogen-bond donors (Lipinski definition) is 1. The molecule has 3 aromatic rings. The summed E-state index contributed by atoms with van der Waals surface area (Å²) < 4.78 is 11.9. The maximum Gasteiger partial charge on any atom is 0.410 e. The summed E-state index contributed by atoms with van der Waals surface area (Å²) in [5.74, 6) is 0.478. The van der Waals surface area contributed by atoms with Gasteiger partial charge in [-0.1, -0.05) is 6.92 Å². The van der Waals surface area contributed by atoms with Gasteiger partial charge in [0.05, 0.1) is 17.0 Å². The molecule has 1 atom stereocenters. The molecule has 32 heavy (non-hydrogen) atoms. The van der Waals surface area contributed by atoms with E-state index in [1.165, 1.54) is 17.4 Å². The van der Waals surface area contributed by atoms with Crippen molar-refractivity contribution in [1.29, 1.82) is 0 Å². The number of aromatic hydroxyl groups is 1. The molecule has 8 heteroatoms. The van der Waals surface area contributed by atoms with Gasteiger partial charge in [-0.3, -0.25) is 9.69 Å². The molecule has 0 radical (unpaired) electrons. The molecule has 1 aromatic carbocycles. The molecule has 3 heterocycles. The SMILES string of the molecule is CCc1cc2c(=O)c(-c3nc(C)cs3)c(C3CCCN3C(=O)OC(C)(C)C)oc2cc1O. The predicted octanol–water partition coefficient (Wildman–Crippen LogP) is 5.56. The summed E-state index contributed by atoms with van der Waals surface area (Å²) in [6, 6.07) is 2.72. The molecular formula is C24H28N2O5S. The lowest BCUT2D eigenvalue weighted by molar-refractivity contribution is 0.0209. The van der Waals surface area contributed by atoms with Crippen LogP contribution in [-0.2, 0) is 11.2 Å². The molecule has 1 N–H and O–H groups in total. The largest absolute Gasteiger partial charge is 0.508 e. The van der Waals surface area contributed by atoms with E-state index in [1.54, 1.807) is 11.0 Å². The molecular weight excluding hydrogens is 428 g/mol. The minimum atomic E-state index is -0.633. The Balaban J connectivity index is 1.93. The summed E-state index contributed by atoms with van der Waals surface area (Å²) >= 11 is 1.38. The van der Waals surface area contributed by atoms with E-state index < -0.39 is 17.7 Å². The third kappa shape index (κ3) is 4.11. The highest BCUT2D eigenvalue weighted by Crippen LogP contribution is 2.40. The van der Waals surface area contributed by atoms with Gasteiger partial charge in [0, 0.05) is 23.7 Å². The maximum absolute atomic E-state index is 13.7. The van der Waals surface area contributed by atoms with Crippen LogP contribution in [-0.4, -0.2) is 33.2 Å². The monoisotopic (exact) mass is 456 g/mol. The predicted molar refractivity (Wildman–Crippen MR) is 124 cm³/mol. The van der Waals surface area contributed by atoms with Gasteiger partial charge in [0.25, 0.3) is 0 Å². The number of ether oxygens (including phenoxy) is 1. The number of likely N-dealkylation sites (tertiary alicyclic amines) is 1. The number of thiazole rings is 1. The van der Waals surface area contributed by atoms with Gasteiger partial charge in [0.15, 0.2) is 0 Å². The zero-order chi connectivity index (χ0) is 23.2. The van der Waals surface area contributed by atoms with Crippen molar-refractivity contribution in [3.63, 3.8) is 0 Å². The Kier molecular flexibility index (Phi) is 5.75. The van der Waals surface area contributed by atoms with Crippen molar-refractivity contribution in [2.45, 2.75) is 65.5 Å². The number of aryl methyl sites for hydroxylation is 2. The molecule has 1 aliphatic rings. The Morgan fingerprint density at radius 1 is 1.38 bits per heavy atom. The van der Waals surface area contributed by atoms with Gasteiger partial charge in [0.2, 0.25) is 5.43 Å². The molecule has 1 aliphatic heterocycles. The van der Waals surface area contributed by atoms with E-state index in [4.69, 9.17) is 9.15 Å². The first-order valence-electron chi connectivity index (χ1n) is 10.8. The van der Waals surface area contributed by atoms with Gasteiger partial charge < -0.3 is 14.3 Å². The quantitative estimate of drug-likeness (QED) is 0.554. The van der Waals surface area contributed by atoms with Crippen molar-refractivity contribution in [3.05, 3.63) is 44.8 Å². The minimum Gasteiger partial charge on any atom is -0.508 e. The van der Waals surface area contributed by atoms with Gasteiger partial charge in [-0.2, -0.15) is 0 Å². The van der Waals surface area contributed by atoms with Crippen molar-refractivity contribution in [3.8, 4) is 16.3 Å². The summed E-state index contributed by atoms with van der Waals surface area (Å²) in [5.41, 5.74) is 1.32. The zero-order valence-corrected chi connectivity index (χ0v) is 19.8. The van der Waals surface area contributed by atoms with Crippen LogP contribution in [0.2, 0.25) is 0 Å². The highest BCUT2D eigenvalue weighted by atomic mass is 32.1. The van der Waals surface area contributed by atoms with Crippen molar-refractivity contribution >= 4 is 28.4 Å². The fourth-order valence-electron chi connectivity index (χ4n) is 4.06. The van der Waals surface area contributed by atoms with E-state index in [1.807, 2.05) is 40.0 Å². The summed E-state index contributed by atoms with van der Waals surface area (Å²) in [7, 11) is 0. The molecule has 0 aliphatic carbocycles. The van der Waals surface area contributed by atoms with E-state index >= 15 is 0 Å². The Bertz CT molecular complexity index is 1240. The Morgan fingerprint density at radius 3 is 2.75 bits per heavy atom. The Labute approximate surface area is 190 Å². The smallest absolute Gasteiger partial charge is 0.410 e. The third-order valence-electron chi connectivity index (χ3n) is 5.52. The molecule has 170 valence electrons. The lowest BCUT2D eigenvalue weighted by Crippen LogP contribution is -2.36. The van der Waals surface area contributed by atoms with Crippen LogP contribution < -0.4 is 5.43 Å². The second kappa shape index (κ2) is 8.24. The van der Waals surface area contributed by atoms with Crippen molar-refractivity contribution in [1.82, 2.24) is 9.88 Å². The van der Waals surface area contributed by atoms with Crippen LogP contribution in [0, 0.1) is 6.92 Å². The fourth-order valence-corrected chi connectivity index (χ4v) is 4.90. The first-order valence-corrected chi connectivity index (χ1v) is 11.7. The van der Waals surface area contributed by atoms with E-state index in [9.17, 15) is 14.7 Å². The third-order valence-corrected chi connectivity index (χ3v) is 6.49. The number of phenols is 1. The van der Waals surface area contributed by atoms with Crippen molar-refractivity contribution in [2.75, 3.05) is 6.54 Å². The number of nitrogens with zero attached hydrogens (tertiary/aromatic N) is 2. The topological polar surface area (TPSA) is 92.9 Å². The van der Waals surface area contributed by atoms with Crippen molar-refractivity contribution in [2.24, 2.45) is 0 Å². The molecule has 0 spiro atoms. The molecule has 1 amide bonds. The van der Waals surface area contributed by atoms with E-state index in [2.05, 4.69) is 4.98 Å². The number of aromatic nitrogens is 1. The minimum absolute atomic E-state index is 0.0855. The first-order chi connectivity index (χ1) is 15.1.